The fraction of sp³-hybridized carbons (Fsp3) is 0.154. The second-order valence-corrected chi connectivity index (χ2v) is 9.87. The fourth-order valence-electron chi connectivity index (χ4n) is 3.69. The number of aromatic amines is 1. The van der Waals surface area contributed by atoms with Crippen molar-refractivity contribution in [1.82, 2.24) is 14.5 Å². The van der Waals surface area contributed by atoms with Crippen LogP contribution in [-0.4, -0.2) is 22.9 Å². The lowest BCUT2D eigenvalue weighted by molar-refractivity contribution is 0.401. The molecule has 0 saturated heterocycles. The van der Waals surface area contributed by atoms with Gasteiger partial charge < -0.3 is 0 Å². The van der Waals surface area contributed by atoms with E-state index in [-0.39, 0.29) is 23.5 Å². The van der Waals surface area contributed by atoms with E-state index in [1.165, 1.54) is 10.4 Å². The molecular weight excluding hydrogens is 434 g/mol. The molecule has 33 heavy (non-hydrogen) atoms. The van der Waals surface area contributed by atoms with Crippen molar-refractivity contribution in [2.45, 2.75) is 31.8 Å². The minimum absolute atomic E-state index is 0.234. The summed E-state index contributed by atoms with van der Waals surface area (Å²) >= 11 is 0. The molecule has 0 aliphatic heterocycles. The molecular formula is C26H25N3O3S. The summed E-state index contributed by atoms with van der Waals surface area (Å²) in [4.78, 5) is 11.6. The van der Waals surface area contributed by atoms with E-state index >= 15 is 0 Å². The Balaban J connectivity index is 1.81. The van der Waals surface area contributed by atoms with Gasteiger partial charge in [-0.25, -0.2) is 13.5 Å². The van der Waals surface area contributed by atoms with E-state index in [0.29, 0.717) is 16.8 Å². The normalized spacial score (nSPS) is 11.6. The number of hydrogen-bond donors (Lipinski definition) is 1. The zero-order valence-corrected chi connectivity index (χ0v) is 19.3. The maximum Gasteiger partial charge on any atom is 0.264 e. The maximum absolute atomic E-state index is 14.0. The molecule has 0 aliphatic rings. The predicted molar refractivity (Wildman–Crippen MR) is 129 cm³/mol. The highest BCUT2D eigenvalue weighted by Gasteiger charge is 2.28. The minimum atomic E-state index is -3.86. The third kappa shape index (κ3) is 5.10. The Morgan fingerprint density at radius 2 is 1.39 bits per heavy atom. The molecule has 0 amide bonds. The van der Waals surface area contributed by atoms with Gasteiger partial charge in [-0.1, -0.05) is 60.7 Å². The predicted octanol–water partition coefficient (Wildman–Crippen LogP) is 4.44. The summed E-state index contributed by atoms with van der Waals surface area (Å²) in [6.45, 7) is 4.19. The summed E-state index contributed by atoms with van der Waals surface area (Å²) in [5.41, 5.74) is 4.16. The Bertz CT molecular complexity index is 1350. The molecule has 0 spiro atoms. The number of aromatic nitrogens is 2. The van der Waals surface area contributed by atoms with Gasteiger partial charge in [0.1, 0.15) is 0 Å². The van der Waals surface area contributed by atoms with Crippen LogP contribution in [0.3, 0.4) is 0 Å². The smallest absolute Gasteiger partial charge is 0.264 e. The highest BCUT2D eigenvalue weighted by molar-refractivity contribution is 7.89. The maximum atomic E-state index is 14.0. The van der Waals surface area contributed by atoms with Gasteiger partial charge in [0.15, 0.2) is 0 Å². The highest BCUT2D eigenvalue weighted by atomic mass is 32.2. The van der Waals surface area contributed by atoms with E-state index in [0.717, 1.165) is 16.7 Å². The molecule has 1 heterocycles. The number of rotatable bonds is 7. The molecule has 0 saturated carbocycles. The summed E-state index contributed by atoms with van der Waals surface area (Å²) in [6, 6.07) is 25.6. The van der Waals surface area contributed by atoms with E-state index in [1.807, 2.05) is 80.6 Å². The number of aryl methyl sites for hydroxylation is 1. The lowest BCUT2D eigenvalue weighted by Gasteiger charge is -2.24. The SMILES string of the molecule is Cc1cc(-c2ccc(=O)[nH]n2)cc(S(=O)(=O)N(Cc2ccccc2)Cc2ccccc2)c1C. The largest absolute Gasteiger partial charge is 0.268 e. The van der Waals surface area contributed by atoms with Gasteiger partial charge in [-0.2, -0.15) is 9.40 Å². The number of H-pyrrole nitrogens is 1. The van der Waals surface area contributed by atoms with Crippen LogP contribution < -0.4 is 5.56 Å². The van der Waals surface area contributed by atoms with Crippen LogP contribution in [0.25, 0.3) is 11.3 Å². The van der Waals surface area contributed by atoms with Crippen molar-refractivity contribution < 1.29 is 8.42 Å². The minimum Gasteiger partial charge on any atom is -0.268 e. The fourth-order valence-corrected chi connectivity index (χ4v) is 5.43. The summed E-state index contributed by atoms with van der Waals surface area (Å²) in [6.07, 6.45) is 0. The van der Waals surface area contributed by atoms with Crippen molar-refractivity contribution in [2.24, 2.45) is 0 Å². The number of benzene rings is 3. The first-order valence-electron chi connectivity index (χ1n) is 10.6. The Morgan fingerprint density at radius 3 is 1.91 bits per heavy atom. The molecule has 0 aliphatic carbocycles. The molecule has 4 rings (SSSR count). The molecule has 168 valence electrons. The number of nitrogens with zero attached hydrogens (tertiary/aromatic N) is 2. The number of sulfonamides is 1. The zero-order chi connectivity index (χ0) is 23.4. The lowest BCUT2D eigenvalue weighted by Crippen LogP contribution is -2.31. The second kappa shape index (κ2) is 9.52. The lowest BCUT2D eigenvalue weighted by atomic mass is 10.0. The van der Waals surface area contributed by atoms with Crippen molar-refractivity contribution in [3.8, 4) is 11.3 Å². The van der Waals surface area contributed by atoms with Crippen molar-refractivity contribution in [1.29, 1.82) is 0 Å². The van der Waals surface area contributed by atoms with E-state index in [1.54, 1.807) is 12.1 Å². The molecule has 0 unspecified atom stereocenters. The van der Waals surface area contributed by atoms with Crippen LogP contribution in [0.2, 0.25) is 0 Å². The van der Waals surface area contributed by atoms with E-state index in [2.05, 4.69) is 10.2 Å². The first-order chi connectivity index (χ1) is 15.8. The van der Waals surface area contributed by atoms with E-state index in [4.69, 9.17) is 0 Å². The summed E-state index contributed by atoms with van der Waals surface area (Å²) < 4.78 is 29.5. The van der Waals surface area contributed by atoms with Gasteiger partial charge in [0, 0.05) is 24.7 Å². The molecule has 7 heteroatoms. The molecule has 1 N–H and O–H groups in total. The van der Waals surface area contributed by atoms with Crippen molar-refractivity contribution in [3.63, 3.8) is 0 Å². The third-order valence-electron chi connectivity index (χ3n) is 5.62. The first-order valence-corrected chi connectivity index (χ1v) is 12.0. The molecule has 0 radical (unpaired) electrons. The zero-order valence-electron chi connectivity index (χ0n) is 18.5. The van der Waals surface area contributed by atoms with Gasteiger partial charge in [0.25, 0.3) is 5.56 Å². The molecule has 0 atom stereocenters. The summed E-state index contributed by atoms with van der Waals surface area (Å²) in [7, 11) is -3.86. The van der Waals surface area contributed by atoms with Gasteiger partial charge in [-0.05, 0) is 54.3 Å². The highest BCUT2D eigenvalue weighted by Crippen LogP contribution is 2.30. The monoisotopic (exact) mass is 459 g/mol. The molecule has 0 fully saturated rings. The van der Waals surface area contributed by atoms with Gasteiger partial charge in [-0.15, -0.1) is 0 Å². The molecule has 4 aromatic rings. The van der Waals surface area contributed by atoms with Gasteiger partial charge >= 0.3 is 0 Å². The van der Waals surface area contributed by atoms with Gasteiger partial charge in [0.05, 0.1) is 10.6 Å². The Kier molecular flexibility index (Phi) is 6.53. The molecule has 3 aromatic carbocycles. The van der Waals surface area contributed by atoms with Crippen molar-refractivity contribution in [2.75, 3.05) is 0 Å². The average molecular weight is 460 g/mol. The van der Waals surface area contributed by atoms with Crippen LogP contribution in [0.1, 0.15) is 22.3 Å². The Hall–Kier alpha value is -3.55. The Morgan fingerprint density at radius 1 is 0.818 bits per heavy atom. The summed E-state index contributed by atoms with van der Waals surface area (Å²) in [5, 5.41) is 6.49. The average Bonchev–Trinajstić information content (AvgIpc) is 2.82. The molecule has 0 bridgehead atoms. The van der Waals surface area contributed by atoms with Crippen molar-refractivity contribution >= 4 is 10.0 Å². The van der Waals surface area contributed by atoms with Crippen LogP contribution in [0, 0.1) is 13.8 Å². The Labute approximate surface area is 193 Å². The van der Waals surface area contributed by atoms with Crippen molar-refractivity contribution in [3.05, 3.63) is 118 Å². The van der Waals surface area contributed by atoms with Gasteiger partial charge in [-0.3, -0.25) is 4.79 Å². The van der Waals surface area contributed by atoms with E-state index < -0.39 is 10.0 Å². The van der Waals surface area contributed by atoms with Crippen LogP contribution in [-0.2, 0) is 23.1 Å². The van der Waals surface area contributed by atoms with Gasteiger partial charge in [0.2, 0.25) is 10.0 Å². The standard InChI is InChI=1S/C26H25N3O3S/c1-19-15-23(24-13-14-26(30)28-27-24)16-25(20(19)2)33(31,32)29(17-21-9-5-3-6-10-21)18-22-11-7-4-8-12-22/h3-16H,17-18H2,1-2H3,(H,28,30). The number of hydrogen-bond acceptors (Lipinski definition) is 4. The first kappa shape index (κ1) is 22.6. The van der Waals surface area contributed by atoms with Crippen LogP contribution in [0.4, 0.5) is 0 Å². The van der Waals surface area contributed by atoms with E-state index in [9.17, 15) is 13.2 Å². The van der Waals surface area contributed by atoms with Crippen LogP contribution in [0.15, 0.2) is 94.6 Å². The molecule has 1 aromatic heterocycles. The summed E-state index contributed by atoms with van der Waals surface area (Å²) in [5.74, 6) is 0. The third-order valence-corrected chi connectivity index (χ3v) is 7.53. The van der Waals surface area contributed by atoms with Crippen LogP contribution >= 0.6 is 0 Å². The van der Waals surface area contributed by atoms with Crippen LogP contribution in [0.5, 0.6) is 0 Å². The topological polar surface area (TPSA) is 83.1 Å². The quantitative estimate of drug-likeness (QED) is 0.443. The second-order valence-electron chi connectivity index (χ2n) is 7.97. The molecule has 6 nitrogen and oxygen atoms in total. The number of nitrogens with one attached hydrogen (secondary N) is 1.